The average molecular weight is 360 g/mol. The van der Waals surface area contributed by atoms with Crippen molar-refractivity contribution in [2.24, 2.45) is 0 Å². The van der Waals surface area contributed by atoms with Crippen molar-refractivity contribution in [2.75, 3.05) is 11.9 Å². The van der Waals surface area contributed by atoms with Crippen LogP contribution in [0.2, 0.25) is 0 Å². The van der Waals surface area contributed by atoms with Crippen molar-refractivity contribution in [2.45, 2.75) is 89.8 Å². The maximum Gasteiger partial charge on any atom is 0.410 e. The van der Waals surface area contributed by atoms with Gasteiger partial charge in [-0.3, -0.25) is 0 Å². The maximum absolute atomic E-state index is 12.8. The van der Waals surface area contributed by atoms with E-state index in [0.29, 0.717) is 6.04 Å². The van der Waals surface area contributed by atoms with Gasteiger partial charge in [-0.15, -0.1) is 0 Å². The Balaban J connectivity index is 1.79. The number of likely N-dealkylation sites (tertiary alicyclic amines) is 1. The van der Waals surface area contributed by atoms with Gasteiger partial charge in [0, 0.05) is 24.3 Å². The lowest BCUT2D eigenvalue weighted by molar-refractivity contribution is 0.00957. The summed E-state index contributed by atoms with van der Waals surface area (Å²) < 4.78 is 5.66. The van der Waals surface area contributed by atoms with Crippen LogP contribution >= 0.6 is 0 Å². The van der Waals surface area contributed by atoms with Crippen molar-refractivity contribution in [3.8, 4) is 0 Å². The van der Waals surface area contributed by atoms with Crippen LogP contribution in [0, 0.1) is 0 Å². The minimum absolute atomic E-state index is 0.0402. The first kappa shape index (κ1) is 19.0. The third-order valence-corrected chi connectivity index (χ3v) is 5.27. The second kappa shape index (κ2) is 8.28. The number of hydrogen-bond donors (Lipinski definition) is 1. The number of piperidine rings is 1. The number of ether oxygens (including phenoxy) is 1. The molecule has 1 atom stereocenters. The summed E-state index contributed by atoms with van der Waals surface area (Å²) in [4.78, 5) is 19.3. The monoisotopic (exact) mass is 359 g/mol. The zero-order chi connectivity index (χ0) is 18.6. The smallest absolute Gasteiger partial charge is 0.410 e. The highest BCUT2D eigenvalue weighted by atomic mass is 16.6. The van der Waals surface area contributed by atoms with Gasteiger partial charge in [-0.1, -0.05) is 25.3 Å². The molecule has 0 unspecified atom stereocenters. The number of nitrogens with zero attached hydrogens (tertiary/aromatic N) is 2. The fourth-order valence-corrected chi connectivity index (χ4v) is 4.04. The highest BCUT2D eigenvalue weighted by Crippen LogP contribution is 2.36. The van der Waals surface area contributed by atoms with Gasteiger partial charge >= 0.3 is 6.09 Å². The number of hydrogen-bond acceptors (Lipinski definition) is 4. The molecule has 2 fully saturated rings. The second-order valence-corrected chi connectivity index (χ2v) is 8.61. The van der Waals surface area contributed by atoms with Crippen LogP contribution in [0.5, 0.6) is 0 Å². The molecule has 1 aliphatic carbocycles. The van der Waals surface area contributed by atoms with E-state index in [1.54, 1.807) is 0 Å². The summed E-state index contributed by atoms with van der Waals surface area (Å²) in [5.41, 5.74) is 0.653. The Morgan fingerprint density at radius 2 is 1.88 bits per heavy atom. The summed E-state index contributed by atoms with van der Waals surface area (Å²) in [6.07, 6.45) is 11.1. The van der Waals surface area contributed by atoms with E-state index in [1.807, 2.05) is 37.9 Å². The molecule has 0 radical (unpaired) electrons. The van der Waals surface area contributed by atoms with E-state index < -0.39 is 5.60 Å². The standard InChI is InChI=1S/C21H33N3O2/c1-21(2,3)26-20(25)24-15-8-7-13-18(24)17-12-9-14-22-19(17)23-16-10-5-4-6-11-16/h9,12,14,16,18H,4-8,10-11,13,15H2,1-3H3,(H,22,23)/t18-/m1/s1. The van der Waals surface area contributed by atoms with Crippen LogP contribution < -0.4 is 5.32 Å². The van der Waals surface area contributed by atoms with E-state index in [9.17, 15) is 4.79 Å². The third-order valence-electron chi connectivity index (χ3n) is 5.27. The highest BCUT2D eigenvalue weighted by Gasteiger charge is 2.33. The van der Waals surface area contributed by atoms with E-state index >= 15 is 0 Å². The normalized spacial score (nSPS) is 22.1. The molecule has 144 valence electrons. The lowest BCUT2D eigenvalue weighted by Gasteiger charge is -2.38. The first-order chi connectivity index (χ1) is 12.4. The molecule has 5 heteroatoms. The fraction of sp³-hybridized carbons (Fsp3) is 0.714. The lowest BCUT2D eigenvalue weighted by atomic mass is 9.93. The van der Waals surface area contributed by atoms with Crippen molar-refractivity contribution in [1.82, 2.24) is 9.88 Å². The molecule has 0 bridgehead atoms. The van der Waals surface area contributed by atoms with E-state index in [1.165, 1.54) is 32.1 Å². The average Bonchev–Trinajstić information content (AvgIpc) is 2.62. The molecule has 3 rings (SSSR count). The Bertz CT molecular complexity index is 606. The Morgan fingerprint density at radius 3 is 2.62 bits per heavy atom. The van der Waals surface area contributed by atoms with Crippen LogP contribution in [0.3, 0.4) is 0 Å². The fourth-order valence-electron chi connectivity index (χ4n) is 4.04. The summed E-state index contributed by atoms with van der Waals surface area (Å²) in [6, 6.07) is 4.63. The molecule has 0 spiro atoms. The van der Waals surface area contributed by atoms with Gasteiger partial charge in [-0.2, -0.15) is 0 Å². The number of carbonyl (C=O) groups excluding carboxylic acids is 1. The molecule has 1 saturated carbocycles. The second-order valence-electron chi connectivity index (χ2n) is 8.61. The van der Waals surface area contributed by atoms with Crippen molar-refractivity contribution in [3.63, 3.8) is 0 Å². The number of pyridine rings is 1. The van der Waals surface area contributed by atoms with E-state index in [4.69, 9.17) is 4.74 Å². The molecule has 5 nitrogen and oxygen atoms in total. The number of carbonyl (C=O) groups is 1. The number of amides is 1. The third kappa shape index (κ3) is 4.89. The molecule has 1 aliphatic heterocycles. The van der Waals surface area contributed by atoms with Crippen LogP contribution in [0.15, 0.2) is 18.3 Å². The zero-order valence-electron chi connectivity index (χ0n) is 16.5. The maximum atomic E-state index is 12.8. The van der Waals surface area contributed by atoms with Crippen LogP contribution in [-0.4, -0.2) is 34.2 Å². The van der Waals surface area contributed by atoms with E-state index in [-0.39, 0.29) is 12.1 Å². The van der Waals surface area contributed by atoms with Gasteiger partial charge < -0.3 is 15.0 Å². The zero-order valence-corrected chi connectivity index (χ0v) is 16.5. The number of anilines is 1. The van der Waals surface area contributed by atoms with Crippen LogP contribution in [0.1, 0.15) is 83.7 Å². The Kier molecular flexibility index (Phi) is 6.05. The van der Waals surface area contributed by atoms with Gasteiger partial charge in [0.05, 0.1) is 6.04 Å². The first-order valence-electron chi connectivity index (χ1n) is 10.1. The highest BCUT2D eigenvalue weighted by molar-refractivity contribution is 5.69. The molecule has 1 N–H and O–H groups in total. The molecule has 1 saturated heterocycles. The van der Waals surface area contributed by atoms with Crippen LogP contribution in [0.25, 0.3) is 0 Å². The van der Waals surface area contributed by atoms with Crippen LogP contribution in [-0.2, 0) is 4.74 Å². The summed E-state index contributed by atoms with van der Waals surface area (Å²) >= 11 is 0. The van der Waals surface area contributed by atoms with Crippen molar-refractivity contribution >= 4 is 11.9 Å². The van der Waals surface area contributed by atoms with Crippen molar-refractivity contribution in [1.29, 1.82) is 0 Å². The first-order valence-corrected chi connectivity index (χ1v) is 10.1. The van der Waals surface area contributed by atoms with E-state index in [0.717, 1.165) is 37.2 Å². The van der Waals surface area contributed by atoms with Crippen molar-refractivity contribution in [3.05, 3.63) is 23.9 Å². The predicted octanol–water partition coefficient (Wildman–Crippen LogP) is 5.29. The Labute approximate surface area is 157 Å². The predicted molar refractivity (Wildman–Crippen MR) is 104 cm³/mol. The van der Waals surface area contributed by atoms with Gasteiger partial charge in [-0.25, -0.2) is 9.78 Å². The number of nitrogens with one attached hydrogen (secondary N) is 1. The summed E-state index contributed by atoms with van der Waals surface area (Å²) in [5, 5.41) is 3.66. The molecule has 1 aromatic heterocycles. The molecule has 0 aromatic carbocycles. The molecule has 1 amide bonds. The van der Waals surface area contributed by atoms with Gasteiger partial charge in [0.15, 0.2) is 0 Å². The SMILES string of the molecule is CC(C)(C)OC(=O)N1CCCC[C@@H]1c1cccnc1NC1CCCCC1. The van der Waals surface area contributed by atoms with Gasteiger partial charge in [-0.05, 0) is 58.9 Å². The number of aromatic nitrogens is 1. The lowest BCUT2D eigenvalue weighted by Crippen LogP contribution is -2.42. The van der Waals surface area contributed by atoms with Crippen molar-refractivity contribution < 1.29 is 9.53 Å². The van der Waals surface area contributed by atoms with E-state index in [2.05, 4.69) is 16.4 Å². The molecular formula is C21H33N3O2. The molecule has 2 heterocycles. The minimum atomic E-state index is -0.475. The summed E-state index contributed by atoms with van der Waals surface area (Å²) in [6.45, 7) is 6.51. The quantitative estimate of drug-likeness (QED) is 0.797. The number of rotatable bonds is 3. The van der Waals surface area contributed by atoms with Gasteiger partial charge in [0.25, 0.3) is 0 Å². The van der Waals surface area contributed by atoms with Gasteiger partial charge in [0.1, 0.15) is 11.4 Å². The molecule has 1 aromatic rings. The topological polar surface area (TPSA) is 54.5 Å². The molecule has 2 aliphatic rings. The van der Waals surface area contributed by atoms with Gasteiger partial charge in [0.2, 0.25) is 0 Å². The Morgan fingerprint density at radius 1 is 1.15 bits per heavy atom. The molecule has 26 heavy (non-hydrogen) atoms. The molecular weight excluding hydrogens is 326 g/mol. The minimum Gasteiger partial charge on any atom is -0.444 e. The largest absolute Gasteiger partial charge is 0.444 e. The summed E-state index contributed by atoms with van der Waals surface area (Å²) in [7, 11) is 0. The van der Waals surface area contributed by atoms with Crippen LogP contribution in [0.4, 0.5) is 10.6 Å². The Hall–Kier alpha value is -1.78. The summed E-state index contributed by atoms with van der Waals surface area (Å²) in [5.74, 6) is 0.944.